The summed E-state index contributed by atoms with van der Waals surface area (Å²) in [6.07, 6.45) is 0. The quantitative estimate of drug-likeness (QED) is 0.796. The van der Waals surface area contributed by atoms with Gasteiger partial charge in [0.05, 0.1) is 13.0 Å². The smallest absolute Gasteiger partial charge is 0.310 e. The molecule has 3 nitrogen and oxygen atoms in total. The summed E-state index contributed by atoms with van der Waals surface area (Å²) in [5.41, 5.74) is 0.354. The van der Waals surface area contributed by atoms with Crippen LogP contribution in [0.1, 0.15) is 11.5 Å². The maximum atomic E-state index is 13.6. The number of methoxy groups -OCH3 is 1. The number of halogens is 2. The minimum absolute atomic E-state index is 0.303. The van der Waals surface area contributed by atoms with Gasteiger partial charge in [0.25, 0.3) is 0 Å². The van der Waals surface area contributed by atoms with Crippen LogP contribution in [0.4, 0.5) is 8.78 Å². The zero-order chi connectivity index (χ0) is 12.4. The number of hydrogen-bond acceptors (Lipinski definition) is 3. The summed E-state index contributed by atoms with van der Waals surface area (Å²) in [4.78, 5) is 11.5. The Morgan fingerprint density at radius 3 is 2.82 bits per heavy atom. The second-order valence-electron chi connectivity index (χ2n) is 4.06. The number of esters is 1. The summed E-state index contributed by atoms with van der Waals surface area (Å²) in [7, 11) is 1.30. The average molecular weight is 241 g/mol. The molecule has 2 atom stereocenters. The van der Waals surface area contributed by atoms with Gasteiger partial charge in [0.15, 0.2) is 0 Å². The number of hydrogen-bond donors (Lipinski definition) is 1. The highest BCUT2D eigenvalue weighted by Crippen LogP contribution is 2.30. The van der Waals surface area contributed by atoms with Crippen LogP contribution in [0.25, 0.3) is 0 Å². The third-order valence-electron chi connectivity index (χ3n) is 3.08. The molecule has 1 aromatic carbocycles. The fourth-order valence-electron chi connectivity index (χ4n) is 2.21. The molecule has 1 saturated heterocycles. The molecule has 1 heterocycles. The minimum atomic E-state index is -0.619. The van der Waals surface area contributed by atoms with Crippen LogP contribution in [0.2, 0.25) is 0 Å². The van der Waals surface area contributed by atoms with Gasteiger partial charge in [0.2, 0.25) is 0 Å². The van der Waals surface area contributed by atoms with Crippen molar-refractivity contribution in [3.63, 3.8) is 0 Å². The summed E-state index contributed by atoms with van der Waals surface area (Å²) < 4.78 is 31.1. The highest BCUT2D eigenvalue weighted by molar-refractivity contribution is 5.74. The van der Waals surface area contributed by atoms with E-state index >= 15 is 0 Å². The molecule has 1 aliphatic heterocycles. The highest BCUT2D eigenvalue weighted by atomic mass is 19.1. The molecule has 0 amide bonds. The van der Waals surface area contributed by atoms with E-state index in [1.165, 1.54) is 19.2 Å². The molecule has 5 heteroatoms. The predicted molar refractivity (Wildman–Crippen MR) is 57.5 cm³/mol. The zero-order valence-corrected chi connectivity index (χ0v) is 9.37. The number of ether oxygens (including phenoxy) is 1. The van der Waals surface area contributed by atoms with E-state index in [1.54, 1.807) is 0 Å². The van der Waals surface area contributed by atoms with E-state index in [-0.39, 0.29) is 11.9 Å². The van der Waals surface area contributed by atoms with Crippen LogP contribution < -0.4 is 5.32 Å². The van der Waals surface area contributed by atoms with Crippen molar-refractivity contribution < 1.29 is 18.3 Å². The van der Waals surface area contributed by atoms with E-state index in [1.807, 2.05) is 0 Å². The number of nitrogens with one attached hydrogen (secondary N) is 1. The van der Waals surface area contributed by atoms with Gasteiger partial charge in [-0.2, -0.15) is 0 Å². The lowest BCUT2D eigenvalue weighted by Gasteiger charge is -2.17. The van der Waals surface area contributed by atoms with Gasteiger partial charge in [0, 0.05) is 25.1 Å². The molecule has 0 saturated carbocycles. The van der Waals surface area contributed by atoms with E-state index in [9.17, 15) is 13.6 Å². The average Bonchev–Trinajstić information content (AvgIpc) is 2.77. The molecule has 0 aromatic heterocycles. The van der Waals surface area contributed by atoms with Crippen molar-refractivity contribution >= 4 is 5.97 Å². The molecule has 92 valence electrons. The van der Waals surface area contributed by atoms with Gasteiger partial charge in [-0.3, -0.25) is 4.79 Å². The third kappa shape index (κ3) is 2.29. The maximum Gasteiger partial charge on any atom is 0.310 e. The highest BCUT2D eigenvalue weighted by Gasteiger charge is 2.36. The SMILES string of the molecule is COC(=O)[C@H]1CNC[C@@H]1c1ccc(F)cc1F. The zero-order valence-electron chi connectivity index (χ0n) is 9.37. The lowest BCUT2D eigenvalue weighted by atomic mass is 9.88. The summed E-state index contributed by atoms with van der Waals surface area (Å²) in [5, 5.41) is 3.02. The minimum Gasteiger partial charge on any atom is -0.469 e. The number of carbonyl (C=O) groups excluding carboxylic acids is 1. The Morgan fingerprint density at radius 1 is 1.41 bits per heavy atom. The molecule has 1 aliphatic rings. The first-order chi connectivity index (χ1) is 8.13. The number of carbonyl (C=O) groups is 1. The van der Waals surface area contributed by atoms with Gasteiger partial charge in [-0.15, -0.1) is 0 Å². The van der Waals surface area contributed by atoms with Gasteiger partial charge in [-0.1, -0.05) is 6.07 Å². The van der Waals surface area contributed by atoms with Crippen LogP contribution in [0.5, 0.6) is 0 Å². The van der Waals surface area contributed by atoms with E-state index in [0.717, 1.165) is 6.07 Å². The van der Waals surface area contributed by atoms with E-state index in [2.05, 4.69) is 10.1 Å². The van der Waals surface area contributed by atoms with Crippen molar-refractivity contribution in [2.24, 2.45) is 5.92 Å². The largest absolute Gasteiger partial charge is 0.469 e. The third-order valence-corrected chi connectivity index (χ3v) is 3.08. The lowest BCUT2D eigenvalue weighted by molar-refractivity contribution is -0.145. The molecule has 0 spiro atoms. The summed E-state index contributed by atoms with van der Waals surface area (Å²) in [6.45, 7) is 0.941. The molecule has 1 N–H and O–H groups in total. The predicted octanol–water partition coefficient (Wildman–Crippen LogP) is 1.44. The maximum absolute atomic E-state index is 13.6. The molecular weight excluding hydrogens is 228 g/mol. The molecule has 1 aromatic rings. The Kier molecular flexibility index (Phi) is 3.38. The summed E-state index contributed by atoms with van der Waals surface area (Å²) in [5.74, 6) is -2.33. The van der Waals surface area contributed by atoms with Gasteiger partial charge >= 0.3 is 5.97 Å². The van der Waals surface area contributed by atoms with Gasteiger partial charge in [-0.25, -0.2) is 8.78 Å². The Morgan fingerprint density at radius 2 is 2.18 bits per heavy atom. The molecule has 0 aliphatic carbocycles. The van der Waals surface area contributed by atoms with Crippen LogP contribution in [-0.2, 0) is 9.53 Å². The Balaban J connectivity index is 2.29. The molecular formula is C12H13F2NO2. The fraction of sp³-hybridized carbons (Fsp3) is 0.417. The van der Waals surface area contributed by atoms with E-state index < -0.39 is 17.6 Å². The fourth-order valence-corrected chi connectivity index (χ4v) is 2.21. The van der Waals surface area contributed by atoms with E-state index in [0.29, 0.717) is 18.7 Å². The Bertz CT molecular complexity index is 437. The molecule has 2 rings (SSSR count). The van der Waals surface area contributed by atoms with Crippen LogP contribution >= 0.6 is 0 Å². The van der Waals surface area contributed by atoms with Crippen LogP contribution in [-0.4, -0.2) is 26.2 Å². The second kappa shape index (κ2) is 4.79. The summed E-state index contributed by atoms with van der Waals surface area (Å²) >= 11 is 0. The molecule has 0 bridgehead atoms. The first-order valence-corrected chi connectivity index (χ1v) is 5.37. The van der Waals surface area contributed by atoms with Crippen molar-refractivity contribution in [1.29, 1.82) is 0 Å². The van der Waals surface area contributed by atoms with Crippen LogP contribution in [0.3, 0.4) is 0 Å². The topological polar surface area (TPSA) is 38.3 Å². The van der Waals surface area contributed by atoms with Crippen LogP contribution in [0, 0.1) is 17.6 Å². The molecule has 17 heavy (non-hydrogen) atoms. The number of rotatable bonds is 2. The Hall–Kier alpha value is -1.49. The first kappa shape index (κ1) is 12.0. The van der Waals surface area contributed by atoms with Gasteiger partial charge in [0.1, 0.15) is 11.6 Å². The first-order valence-electron chi connectivity index (χ1n) is 5.37. The van der Waals surface area contributed by atoms with Crippen molar-refractivity contribution in [2.45, 2.75) is 5.92 Å². The Labute approximate surface area is 97.8 Å². The van der Waals surface area contributed by atoms with Crippen molar-refractivity contribution in [3.05, 3.63) is 35.4 Å². The van der Waals surface area contributed by atoms with Gasteiger partial charge in [-0.05, 0) is 11.6 Å². The van der Waals surface area contributed by atoms with E-state index in [4.69, 9.17) is 0 Å². The second-order valence-corrected chi connectivity index (χ2v) is 4.06. The van der Waals surface area contributed by atoms with Crippen LogP contribution in [0.15, 0.2) is 18.2 Å². The normalized spacial score (nSPS) is 23.7. The molecule has 1 fully saturated rings. The van der Waals surface area contributed by atoms with Gasteiger partial charge < -0.3 is 10.1 Å². The molecule has 0 radical (unpaired) electrons. The monoisotopic (exact) mass is 241 g/mol. The van der Waals surface area contributed by atoms with Crippen molar-refractivity contribution in [1.82, 2.24) is 5.32 Å². The van der Waals surface area contributed by atoms with Crippen molar-refractivity contribution in [3.8, 4) is 0 Å². The lowest BCUT2D eigenvalue weighted by Crippen LogP contribution is -2.23. The summed E-state index contributed by atoms with van der Waals surface area (Å²) in [6, 6.07) is 3.42. The van der Waals surface area contributed by atoms with Crippen molar-refractivity contribution in [2.75, 3.05) is 20.2 Å². The standard InChI is InChI=1S/C12H13F2NO2/c1-17-12(16)10-6-15-5-9(10)8-3-2-7(13)4-11(8)14/h2-4,9-10,15H,5-6H2,1H3/t9-,10+/m1/s1. The number of benzene rings is 1. The molecule has 0 unspecified atom stereocenters.